The third kappa shape index (κ3) is 2.67. The van der Waals surface area contributed by atoms with Gasteiger partial charge in [0.25, 0.3) is 0 Å². The van der Waals surface area contributed by atoms with Crippen LogP contribution in [0.1, 0.15) is 42.5 Å². The molecule has 3 rings (SSSR count). The first kappa shape index (κ1) is 13.1. The maximum atomic E-state index is 4.79. The summed E-state index contributed by atoms with van der Waals surface area (Å²) >= 11 is 0. The van der Waals surface area contributed by atoms with Crippen molar-refractivity contribution < 1.29 is 0 Å². The fourth-order valence-electron chi connectivity index (χ4n) is 2.51. The van der Waals surface area contributed by atoms with Crippen molar-refractivity contribution in [1.29, 1.82) is 0 Å². The van der Waals surface area contributed by atoms with Crippen LogP contribution >= 0.6 is 0 Å². The largest absolute Gasteiger partial charge is 0.370 e. The van der Waals surface area contributed by atoms with E-state index in [9.17, 15) is 0 Å². The first-order chi connectivity index (χ1) is 9.67. The third-order valence-corrected chi connectivity index (χ3v) is 3.72. The van der Waals surface area contributed by atoms with Gasteiger partial charge in [0, 0.05) is 29.8 Å². The minimum atomic E-state index is 0.639. The number of aromatic nitrogens is 2. The molecule has 0 unspecified atom stereocenters. The smallest absolute Gasteiger partial charge is 0.162 e. The summed E-state index contributed by atoms with van der Waals surface area (Å²) in [6, 6.07) is 8.55. The quantitative estimate of drug-likeness (QED) is 0.907. The lowest BCUT2D eigenvalue weighted by Gasteiger charge is -2.10. The van der Waals surface area contributed by atoms with Crippen LogP contribution in [0.3, 0.4) is 0 Å². The highest BCUT2D eigenvalue weighted by Crippen LogP contribution is 2.40. The lowest BCUT2D eigenvalue weighted by molar-refractivity contribution is 0.987. The second-order valence-electron chi connectivity index (χ2n) is 5.62. The zero-order valence-corrected chi connectivity index (χ0v) is 12.4. The zero-order chi connectivity index (χ0) is 14.1. The molecule has 0 bridgehead atoms. The van der Waals surface area contributed by atoms with Gasteiger partial charge in [-0.2, -0.15) is 0 Å². The molecule has 1 N–H and O–H groups in total. The number of rotatable bonds is 4. The van der Waals surface area contributed by atoms with Crippen molar-refractivity contribution in [3.63, 3.8) is 0 Å². The minimum Gasteiger partial charge on any atom is -0.370 e. The van der Waals surface area contributed by atoms with Gasteiger partial charge in [0.2, 0.25) is 0 Å². The number of aryl methyl sites for hydroxylation is 2. The van der Waals surface area contributed by atoms with Gasteiger partial charge in [-0.1, -0.05) is 23.8 Å². The van der Waals surface area contributed by atoms with Crippen LogP contribution in [0.2, 0.25) is 0 Å². The van der Waals surface area contributed by atoms with Gasteiger partial charge in [-0.05, 0) is 39.2 Å². The average Bonchev–Trinajstić information content (AvgIpc) is 3.23. The number of benzene rings is 1. The Kier molecular flexibility index (Phi) is 3.43. The van der Waals surface area contributed by atoms with Crippen LogP contribution in [-0.4, -0.2) is 16.5 Å². The Morgan fingerprint density at radius 3 is 2.60 bits per heavy atom. The SMILES string of the molecule is CCNc1cc(C2CC2)nc(-c2ccc(C)cc2C)n1. The van der Waals surface area contributed by atoms with Crippen LogP contribution in [0.15, 0.2) is 24.3 Å². The molecule has 1 aliphatic carbocycles. The first-order valence-corrected chi connectivity index (χ1v) is 7.38. The van der Waals surface area contributed by atoms with Crippen LogP contribution in [0.5, 0.6) is 0 Å². The van der Waals surface area contributed by atoms with Crippen LogP contribution in [0, 0.1) is 13.8 Å². The Bertz CT molecular complexity index is 630. The molecule has 0 aliphatic heterocycles. The van der Waals surface area contributed by atoms with E-state index in [1.54, 1.807) is 0 Å². The van der Waals surface area contributed by atoms with Crippen molar-refractivity contribution in [2.24, 2.45) is 0 Å². The Hall–Kier alpha value is -1.90. The van der Waals surface area contributed by atoms with Gasteiger partial charge < -0.3 is 5.32 Å². The normalized spacial score (nSPS) is 14.3. The van der Waals surface area contributed by atoms with Crippen molar-refractivity contribution in [2.45, 2.75) is 39.5 Å². The van der Waals surface area contributed by atoms with Gasteiger partial charge in [0.15, 0.2) is 5.82 Å². The predicted octanol–water partition coefficient (Wildman–Crippen LogP) is 4.07. The fourth-order valence-corrected chi connectivity index (χ4v) is 2.51. The monoisotopic (exact) mass is 267 g/mol. The molecule has 1 fully saturated rings. The lowest BCUT2D eigenvalue weighted by Crippen LogP contribution is -2.04. The van der Waals surface area contributed by atoms with Crippen molar-refractivity contribution in [3.8, 4) is 11.4 Å². The van der Waals surface area contributed by atoms with Crippen LogP contribution in [0.4, 0.5) is 5.82 Å². The van der Waals surface area contributed by atoms with E-state index in [0.29, 0.717) is 5.92 Å². The Labute approximate surface area is 120 Å². The van der Waals surface area contributed by atoms with E-state index >= 15 is 0 Å². The van der Waals surface area contributed by atoms with E-state index in [2.05, 4.69) is 55.3 Å². The molecule has 0 amide bonds. The van der Waals surface area contributed by atoms with Crippen LogP contribution < -0.4 is 5.32 Å². The van der Waals surface area contributed by atoms with Gasteiger partial charge in [-0.3, -0.25) is 0 Å². The van der Waals surface area contributed by atoms with Crippen LogP contribution in [0.25, 0.3) is 11.4 Å². The number of hydrogen-bond donors (Lipinski definition) is 1. The molecule has 0 spiro atoms. The molecule has 3 heteroatoms. The van der Waals surface area contributed by atoms with Crippen molar-refractivity contribution in [3.05, 3.63) is 41.1 Å². The van der Waals surface area contributed by atoms with E-state index in [1.165, 1.54) is 29.7 Å². The Morgan fingerprint density at radius 2 is 1.95 bits per heavy atom. The van der Waals surface area contributed by atoms with E-state index < -0.39 is 0 Å². The third-order valence-electron chi connectivity index (χ3n) is 3.72. The summed E-state index contributed by atoms with van der Waals surface area (Å²) in [6.07, 6.45) is 2.52. The van der Waals surface area contributed by atoms with Gasteiger partial charge >= 0.3 is 0 Å². The van der Waals surface area contributed by atoms with E-state index in [0.717, 1.165) is 23.8 Å². The number of anilines is 1. The molecule has 2 aromatic rings. The van der Waals surface area contributed by atoms with E-state index in [4.69, 9.17) is 4.98 Å². The molecule has 1 heterocycles. The second-order valence-corrected chi connectivity index (χ2v) is 5.62. The molecule has 0 radical (unpaired) electrons. The molecular formula is C17H21N3. The summed E-state index contributed by atoms with van der Waals surface area (Å²) in [7, 11) is 0. The maximum Gasteiger partial charge on any atom is 0.162 e. The summed E-state index contributed by atoms with van der Waals surface area (Å²) in [4.78, 5) is 9.46. The van der Waals surface area contributed by atoms with Gasteiger partial charge in [-0.25, -0.2) is 9.97 Å². The molecule has 0 atom stereocenters. The van der Waals surface area contributed by atoms with Gasteiger partial charge in [-0.15, -0.1) is 0 Å². The molecule has 1 saturated carbocycles. The molecule has 1 aliphatic rings. The fraction of sp³-hybridized carbons (Fsp3) is 0.412. The highest BCUT2D eigenvalue weighted by molar-refractivity contribution is 5.62. The highest BCUT2D eigenvalue weighted by atomic mass is 15.0. The summed E-state index contributed by atoms with van der Waals surface area (Å²) < 4.78 is 0. The topological polar surface area (TPSA) is 37.8 Å². The second kappa shape index (κ2) is 5.23. The maximum absolute atomic E-state index is 4.79. The van der Waals surface area contributed by atoms with E-state index in [1.807, 2.05) is 0 Å². The average molecular weight is 267 g/mol. The minimum absolute atomic E-state index is 0.639. The summed E-state index contributed by atoms with van der Waals surface area (Å²) in [5.74, 6) is 2.43. The molecule has 0 saturated heterocycles. The summed E-state index contributed by atoms with van der Waals surface area (Å²) in [6.45, 7) is 7.22. The number of hydrogen-bond acceptors (Lipinski definition) is 3. The predicted molar refractivity (Wildman–Crippen MR) is 83.1 cm³/mol. The van der Waals surface area contributed by atoms with Gasteiger partial charge in [0.05, 0.1) is 0 Å². The first-order valence-electron chi connectivity index (χ1n) is 7.38. The molecule has 104 valence electrons. The number of nitrogens with one attached hydrogen (secondary N) is 1. The van der Waals surface area contributed by atoms with Gasteiger partial charge in [0.1, 0.15) is 5.82 Å². The molecule has 20 heavy (non-hydrogen) atoms. The standard InChI is InChI=1S/C17H21N3/c1-4-18-16-10-15(13-6-7-13)19-17(20-16)14-8-5-11(2)9-12(14)3/h5,8-10,13H,4,6-7H2,1-3H3,(H,18,19,20). The summed E-state index contributed by atoms with van der Waals surface area (Å²) in [5, 5.41) is 3.32. The van der Waals surface area contributed by atoms with Crippen molar-refractivity contribution >= 4 is 5.82 Å². The molecular weight excluding hydrogens is 246 g/mol. The van der Waals surface area contributed by atoms with E-state index in [-0.39, 0.29) is 0 Å². The molecule has 3 nitrogen and oxygen atoms in total. The van der Waals surface area contributed by atoms with Crippen molar-refractivity contribution in [2.75, 3.05) is 11.9 Å². The highest BCUT2D eigenvalue weighted by Gasteiger charge is 2.26. The molecule has 1 aromatic carbocycles. The number of nitrogens with zero attached hydrogens (tertiary/aromatic N) is 2. The zero-order valence-electron chi connectivity index (χ0n) is 12.4. The van der Waals surface area contributed by atoms with Crippen molar-refractivity contribution in [1.82, 2.24) is 9.97 Å². The molecule has 1 aromatic heterocycles. The summed E-state index contributed by atoms with van der Waals surface area (Å²) in [5.41, 5.74) is 4.83. The lowest BCUT2D eigenvalue weighted by atomic mass is 10.0. The Balaban J connectivity index is 2.06. The Morgan fingerprint density at radius 1 is 1.15 bits per heavy atom. The van der Waals surface area contributed by atoms with Crippen LogP contribution in [-0.2, 0) is 0 Å².